The molecule has 3 rings (SSSR count). The molecule has 1 aromatic heterocycles. The number of fused-ring (bicyclic) bond motifs is 1. The predicted molar refractivity (Wildman–Crippen MR) is 123 cm³/mol. The number of ether oxygens (including phenoxy) is 2. The highest BCUT2D eigenvalue weighted by Gasteiger charge is 2.21. The molecular formula is C23H29N3O3S. The van der Waals surface area contributed by atoms with E-state index in [0.717, 1.165) is 22.5 Å². The van der Waals surface area contributed by atoms with Crippen LogP contribution in [0.4, 0.5) is 5.13 Å². The summed E-state index contributed by atoms with van der Waals surface area (Å²) >= 11 is 1.55. The summed E-state index contributed by atoms with van der Waals surface area (Å²) in [7, 11) is 3.98. The first kappa shape index (κ1) is 22.1. The summed E-state index contributed by atoms with van der Waals surface area (Å²) in [5.74, 6) is 1.30. The lowest BCUT2D eigenvalue weighted by Crippen LogP contribution is -2.39. The van der Waals surface area contributed by atoms with Crippen molar-refractivity contribution < 1.29 is 14.3 Å². The first-order valence-corrected chi connectivity index (χ1v) is 10.9. The van der Waals surface area contributed by atoms with E-state index in [4.69, 9.17) is 14.5 Å². The van der Waals surface area contributed by atoms with Gasteiger partial charge in [-0.2, -0.15) is 0 Å². The number of anilines is 1. The van der Waals surface area contributed by atoms with E-state index < -0.39 is 0 Å². The smallest absolute Gasteiger partial charge is 0.266 e. The maximum Gasteiger partial charge on any atom is 0.266 e. The standard InChI is InChI=1S/C23H29N3O3S/c1-6-28-18-7-9-19(10-8-18)29-15-21(27)26(12-11-25(4)5)23-24-20-14-16(2)13-17(3)22(20)30-23/h7-10,13-14H,6,11-12,15H2,1-5H3. The Kier molecular flexibility index (Phi) is 7.29. The van der Waals surface area contributed by atoms with E-state index in [1.54, 1.807) is 16.2 Å². The predicted octanol–water partition coefficient (Wildman–Crippen LogP) is 4.29. The number of amides is 1. The summed E-state index contributed by atoms with van der Waals surface area (Å²) in [4.78, 5) is 21.6. The van der Waals surface area contributed by atoms with E-state index in [2.05, 4.69) is 30.9 Å². The van der Waals surface area contributed by atoms with Gasteiger partial charge in [0.2, 0.25) is 0 Å². The van der Waals surface area contributed by atoms with Gasteiger partial charge < -0.3 is 14.4 Å². The molecule has 2 aromatic carbocycles. The number of likely N-dealkylation sites (N-methyl/N-ethyl adjacent to an activating group) is 1. The molecule has 30 heavy (non-hydrogen) atoms. The van der Waals surface area contributed by atoms with Crippen LogP contribution in [0.2, 0.25) is 0 Å². The Balaban J connectivity index is 1.77. The number of benzene rings is 2. The fourth-order valence-corrected chi connectivity index (χ4v) is 4.19. The summed E-state index contributed by atoms with van der Waals surface area (Å²) in [6.07, 6.45) is 0. The summed E-state index contributed by atoms with van der Waals surface area (Å²) in [6.45, 7) is 7.94. The molecule has 160 valence electrons. The second-order valence-corrected chi connectivity index (χ2v) is 8.45. The molecule has 3 aromatic rings. The minimum atomic E-state index is -0.112. The monoisotopic (exact) mass is 427 g/mol. The summed E-state index contributed by atoms with van der Waals surface area (Å²) in [5, 5.41) is 0.709. The highest BCUT2D eigenvalue weighted by molar-refractivity contribution is 7.22. The molecule has 0 aliphatic rings. The molecule has 0 unspecified atom stereocenters. The number of hydrogen-bond donors (Lipinski definition) is 0. The van der Waals surface area contributed by atoms with Gasteiger partial charge >= 0.3 is 0 Å². The summed E-state index contributed by atoms with van der Waals surface area (Å²) in [5.41, 5.74) is 3.28. The van der Waals surface area contributed by atoms with Crippen LogP contribution < -0.4 is 14.4 Å². The van der Waals surface area contributed by atoms with Gasteiger partial charge in [0.05, 0.1) is 16.8 Å². The molecule has 6 nitrogen and oxygen atoms in total. The van der Waals surface area contributed by atoms with E-state index in [9.17, 15) is 4.79 Å². The van der Waals surface area contributed by atoms with E-state index in [-0.39, 0.29) is 12.5 Å². The van der Waals surface area contributed by atoms with Crippen LogP contribution in [0.3, 0.4) is 0 Å². The second-order valence-electron chi connectivity index (χ2n) is 7.47. The fraction of sp³-hybridized carbons (Fsp3) is 0.391. The zero-order valence-electron chi connectivity index (χ0n) is 18.3. The molecule has 0 saturated carbocycles. The minimum Gasteiger partial charge on any atom is -0.494 e. The third-order valence-electron chi connectivity index (χ3n) is 4.61. The largest absolute Gasteiger partial charge is 0.494 e. The Bertz CT molecular complexity index is 999. The van der Waals surface area contributed by atoms with Crippen molar-refractivity contribution in [2.24, 2.45) is 0 Å². The fourth-order valence-electron chi connectivity index (χ4n) is 3.13. The molecule has 0 bridgehead atoms. The minimum absolute atomic E-state index is 0.0463. The van der Waals surface area contributed by atoms with Crippen LogP contribution in [0.1, 0.15) is 18.1 Å². The SMILES string of the molecule is CCOc1ccc(OCC(=O)N(CCN(C)C)c2nc3cc(C)cc(C)c3s2)cc1. The summed E-state index contributed by atoms with van der Waals surface area (Å²) in [6, 6.07) is 11.5. The van der Waals surface area contributed by atoms with Crippen molar-refractivity contribution in [2.45, 2.75) is 20.8 Å². The quantitative estimate of drug-likeness (QED) is 0.510. The van der Waals surface area contributed by atoms with Crippen LogP contribution in [0.25, 0.3) is 10.2 Å². The lowest BCUT2D eigenvalue weighted by molar-refractivity contribution is -0.120. The molecule has 0 spiro atoms. The number of rotatable bonds is 9. The molecule has 1 heterocycles. The molecule has 0 saturated heterocycles. The molecule has 0 aliphatic heterocycles. The molecule has 0 atom stereocenters. The maximum atomic E-state index is 13.1. The molecule has 7 heteroatoms. The van der Waals surface area contributed by atoms with E-state index >= 15 is 0 Å². The number of thiazole rings is 1. The molecule has 0 radical (unpaired) electrons. The topological polar surface area (TPSA) is 54.9 Å². The number of nitrogens with zero attached hydrogens (tertiary/aromatic N) is 3. The Morgan fingerprint density at radius 3 is 2.33 bits per heavy atom. The van der Waals surface area contributed by atoms with E-state index in [1.807, 2.05) is 45.3 Å². The third kappa shape index (κ3) is 5.49. The van der Waals surface area contributed by atoms with Crippen molar-refractivity contribution in [1.29, 1.82) is 0 Å². The van der Waals surface area contributed by atoms with Gasteiger partial charge in [-0.3, -0.25) is 9.69 Å². The van der Waals surface area contributed by atoms with Gasteiger partial charge in [0.1, 0.15) is 11.5 Å². The van der Waals surface area contributed by atoms with Crippen LogP contribution in [0.15, 0.2) is 36.4 Å². The normalized spacial score (nSPS) is 11.1. The highest BCUT2D eigenvalue weighted by atomic mass is 32.1. The Labute approximate surface area is 182 Å². The van der Waals surface area contributed by atoms with E-state index in [1.165, 1.54) is 11.1 Å². The van der Waals surface area contributed by atoms with Crippen LogP contribution in [-0.4, -0.2) is 56.2 Å². The molecule has 1 amide bonds. The zero-order valence-corrected chi connectivity index (χ0v) is 19.1. The van der Waals surface area contributed by atoms with Gasteiger partial charge in [-0.25, -0.2) is 4.98 Å². The first-order chi connectivity index (χ1) is 14.4. The lowest BCUT2D eigenvalue weighted by Gasteiger charge is -2.22. The van der Waals surface area contributed by atoms with Gasteiger partial charge in [0.25, 0.3) is 5.91 Å². The lowest BCUT2D eigenvalue weighted by atomic mass is 10.1. The van der Waals surface area contributed by atoms with Crippen molar-refractivity contribution >= 4 is 32.6 Å². The van der Waals surface area contributed by atoms with Crippen LogP contribution in [-0.2, 0) is 4.79 Å². The number of carbonyl (C=O) groups excluding carboxylic acids is 1. The Morgan fingerprint density at radius 1 is 1.03 bits per heavy atom. The molecule has 0 fully saturated rings. The van der Waals surface area contributed by atoms with Gasteiger partial charge in [-0.1, -0.05) is 17.4 Å². The van der Waals surface area contributed by atoms with Crippen LogP contribution >= 0.6 is 11.3 Å². The molecule has 0 N–H and O–H groups in total. The number of carbonyl (C=O) groups is 1. The van der Waals surface area contributed by atoms with Crippen molar-refractivity contribution in [1.82, 2.24) is 9.88 Å². The van der Waals surface area contributed by atoms with Crippen molar-refractivity contribution in [3.8, 4) is 11.5 Å². The number of aryl methyl sites for hydroxylation is 2. The first-order valence-electron chi connectivity index (χ1n) is 10.1. The molecule has 0 aliphatic carbocycles. The van der Waals surface area contributed by atoms with Gasteiger partial charge in [0, 0.05) is 13.1 Å². The van der Waals surface area contributed by atoms with Crippen LogP contribution in [0.5, 0.6) is 11.5 Å². The van der Waals surface area contributed by atoms with Gasteiger partial charge in [0.15, 0.2) is 11.7 Å². The summed E-state index contributed by atoms with van der Waals surface area (Å²) < 4.78 is 12.3. The Morgan fingerprint density at radius 2 is 1.70 bits per heavy atom. The van der Waals surface area contributed by atoms with Crippen LogP contribution in [0, 0.1) is 13.8 Å². The average molecular weight is 428 g/mol. The average Bonchev–Trinajstić information content (AvgIpc) is 3.11. The molecular weight excluding hydrogens is 398 g/mol. The number of hydrogen-bond acceptors (Lipinski definition) is 6. The van der Waals surface area contributed by atoms with E-state index in [0.29, 0.717) is 24.0 Å². The van der Waals surface area contributed by atoms with Crippen molar-refractivity contribution in [3.63, 3.8) is 0 Å². The maximum absolute atomic E-state index is 13.1. The highest BCUT2D eigenvalue weighted by Crippen LogP contribution is 2.32. The third-order valence-corrected chi connectivity index (χ3v) is 5.84. The Hall–Kier alpha value is -2.64. The van der Waals surface area contributed by atoms with Gasteiger partial charge in [-0.05, 0) is 76.3 Å². The number of aromatic nitrogens is 1. The van der Waals surface area contributed by atoms with Gasteiger partial charge in [-0.15, -0.1) is 0 Å². The van der Waals surface area contributed by atoms with Crippen molar-refractivity contribution in [3.05, 3.63) is 47.5 Å². The zero-order chi connectivity index (χ0) is 21.7. The second kappa shape index (κ2) is 9.91. The van der Waals surface area contributed by atoms with Crippen molar-refractivity contribution in [2.75, 3.05) is 45.3 Å².